The van der Waals surface area contributed by atoms with Crippen molar-refractivity contribution in [2.24, 2.45) is 0 Å². The van der Waals surface area contributed by atoms with Crippen molar-refractivity contribution < 1.29 is 23.8 Å². The van der Waals surface area contributed by atoms with E-state index < -0.39 is 18.0 Å². The second kappa shape index (κ2) is 10.3. The van der Waals surface area contributed by atoms with Crippen LogP contribution in [-0.2, 0) is 14.3 Å². The number of anilines is 1. The molecule has 6 heteroatoms. The van der Waals surface area contributed by atoms with E-state index in [1.54, 1.807) is 24.3 Å². The van der Waals surface area contributed by atoms with Crippen LogP contribution in [0.15, 0.2) is 48.5 Å². The van der Waals surface area contributed by atoms with E-state index in [0.717, 1.165) is 11.3 Å². The van der Waals surface area contributed by atoms with Gasteiger partial charge in [-0.05, 0) is 55.7 Å². The molecule has 0 radical (unpaired) electrons. The van der Waals surface area contributed by atoms with Crippen LogP contribution in [0, 0.1) is 0 Å². The summed E-state index contributed by atoms with van der Waals surface area (Å²) >= 11 is 0. The van der Waals surface area contributed by atoms with Crippen LogP contribution in [0.1, 0.15) is 39.2 Å². The summed E-state index contributed by atoms with van der Waals surface area (Å²) in [7, 11) is 0. The second-order valence-electron chi connectivity index (χ2n) is 6.56. The molecule has 6 nitrogen and oxygen atoms in total. The van der Waals surface area contributed by atoms with Crippen molar-refractivity contribution >= 4 is 17.6 Å². The zero-order chi connectivity index (χ0) is 20.5. The first kappa shape index (κ1) is 21.3. The first-order chi connectivity index (χ1) is 13.4. The third-order valence-electron chi connectivity index (χ3n) is 4.00. The number of amides is 1. The first-order valence-corrected chi connectivity index (χ1v) is 9.35. The van der Waals surface area contributed by atoms with Gasteiger partial charge in [-0.1, -0.05) is 32.0 Å². The number of hydrogen-bond donors (Lipinski definition) is 1. The van der Waals surface area contributed by atoms with Crippen LogP contribution >= 0.6 is 0 Å². The highest BCUT2D eigenvalue weighted by Crippen LogP contribution is 2.25. The molecule has 0 fully saturated rings. The van der Waals surface area contributed by atoms with Gasteiger partial charge in [0.05, 0.1) is 6.61 Å². The van der Waals surface area contributed by atoms with Gasteiger partial charge in [0.25, 0.3) is 5.91 Å². The van der Waals surface area contributed by atoms with E-state index in [2.05, 4.69) is 5.32 Å². The van der Waals surface area contributed by atoms with Crippen LogP contribution in [-0.4, -0.2) is 31.2 Å². The molecule has 1 N–H and O–H groups in total. The zero-order valence-electron chi connectivity index (χ0n) is 16.7. The van der Waals surface area contributed by atoms with E-state index in [1.165, 1.54) is 6.92 Å². The van der Waals surface area contributed by atoms with E-state index in [1.807, 2.05) is 45.0 Å². The molecule has 1 atom stereocenters. The first-order valence-electron chi connectivity index (χ1n) is 9.35. The Morgan fingerprint density at radius 2 is 1.64 bits per heavy atom. The topological polar surface area (TPSA) is 73.9 Å². The molecule has 150 valence electrons. The zero-order valence-corrected chi connectivity index (χ0v) is 16.7. The molecule has 2 rings (SSSR count). The molecule has 0 heterocycles. The quantitative estimate of drug-likeness (QED) is 0.656. The fourth-order valence-corrected chi connectivity index (χ4v) is 2.56. The summed E-state index contributed by atoms with van der Waals surface area (Å²) in [5.74, 6) is 0.610. The van der Waals surface area contributed by atoms with Gasteiger partial charge in [-0.15, -0.1) is 0 Å². The van der Waals surface area contributed by atoms with E-state index in [-0.39, 0.29) is 12.5 Å². The number of carbonyl (C=O) groups is 2. The SMILES string of the molecule is CCOc1ccc(NC(=O)[C@@H](C)OC(=O)COc2ccccc2C(C)C)cc1. The summed E-state index contributed by atoms with van der Waals surface area (Å²) in [5, 5.41) is 2.70. The van der Waals surface area contributed by atoms with Gasteiger partial charge < -0.3 is 19.5 Å². The lowest BCUT2D eigenvalue weighted by Gasteiger charge is -2.16. The Morgan fingerprint density at radius 3 is 2.29 bits per heavy atom. The number of esters is 1. The third-order valence-corrected chi connectivity index (χ3v) is 4.00. The smallest absolute Gasteiger partial charge is 0.344 e. The van der Waals surface area contributed by atoms with Gasteiger partial charge in [-0.2, -0.15) is 0 Å². The molecule has 0 saturated heterocycles. The summed E-state index contributed by atoms with van der Waals surface area (Å²) in [6.45, 7) is 7.83. The third kappa shape index (κ3) is 6.30. The fourth-order valence-electron chi connectivity index (χ4n) is 2.56. The molecule has 0 unspecified atom stereocenters. The molecule has 0 aliphatic rings. The van der Waals surface area contributed by atoms with Crippen LogP contribution in [0.25, 0.3) is 0 Å². The van der Waals surface area contributed by atoms with Crippen molar-refractivity contribution in [2.45, 2.75) is 39.7 Å². The summed E-state index contributed by atoms with van der Waals surface area (Å²) in [6, 6.07) is 14.5. The minimum absolute atomic E-state index is 0.260. The molecule has 1 amide bonds. The molecule has 0 aliphatic heterocycles. The molecule has 0 aliphatic carbocycles. The maximum Gasteiger partial charge on any atom is 0.344 e. The molecule has 2 aromatic rings. The van der Waals surface area contributed by atoms with Gasteiger partial charge in [0.2, 0.25) is 0 Å². The molecular weight excluding hydrogens is 358 g/mol. The average molecular weight is 385 g/mol. The standard InChI is InChI=1S/C22H27NO5/c1-5-26-18-12-10-17(11-13-18)23-22(25)16(4)28-21(24)14-27-20-9-7-6-8-19(20)15(2)3/h6-13,15-16H,5,14H2,1-4H3,(H,23,25)/t16-/m1/s1. The number of ether oxygens (including phenoxy) is 3. The van der Waals surface area contributed by atoms with Crippen LogP contribution in [0.4, 0.5) is 5.69 Å². The predicted molar refractivity (Wildman–Crippen MR) is 108 cm³/mol. The Kier molecular flexibility index (Phi) is 7.87. The summed E-state index contributed by atoms with van der Waals surface area (Å²) in [4.78, 5) is 24.3. The van der Waals surface area contributed by atoms with Gasteiger partial charge in [0, 0.05) is 5.69 Å². The Hall–Kier alpha value is -3.02. The molecular formula is C22H27NO5. The maximum atomic E-state index is 12.2. The summed E-state index contributed by atoms with van der Waals surface area (Å²) in [6.07, 6.45) is -0.942. The van der Waals surface area contributed by atoms with Crippen molar-refractivity contribution in [1.82, 2.24) is 0 Å². The van der Waals surface area contributed by atoms with Crippen LogP contribution in [0.3, 0.4) is 0 Å². The highest BCUT2D eigenvalue weighted by atomic mass is 16.6. The van der Waals surface area contributed by atoms with Crippen molar-refractivity contribution in [1.29, 1.82) is 0 Å². The lowest BCUT2D eigenvalue weighted by Crippen LogP contribution is -2.31. The minimum Gasteiger partial charge on any atom is -0.494 e. The lowest BCUT2D eigenvalue weighted by atomic mass is 10.0. The van der Waals surface area contributed by atoms with Crippen LogP contribution in [0.2, 0.25) is 0 Å². The summed E-state index contributed by atoms with van der Waals surface area (Å²) < 4.78 is 16.1. The van der Waals surface area contributed by atoms with Gasteiger partial charge in [-0.25, -0.2) is 4.79 Å². The van der Waals surface area contributed by atoms with Gasteiger partial charge in [0.1, 0.15) is 11.5 Å². The van der Waals surface area contributed by atoms with E-state index in [9.17, 15) is 9.59 Å². The number of rotatable bonds is 9. The Morgan fingerprint density at radius 1 is 0.964 bits per heavy atom. The highest BCUT2D eigenvalue weighted by molar-refractivity contribution is 5.95. The Bertz CT molecular complexity index is 786. The molecule has 0 saturated carbocycles. The van der Waals surface area contributed by atoms with E-state index in [4.69, 9.17) is 14.2 Å². The molecule has 0 bridgehead atoms. The fraction of sp³-hybridized carbons (Fsp3) is 0.364. The van der Waals surface area contributed by atoms with Crippen LogP contribution < -0.4 is 14.8 Å². The van der Waals surface area contributed by atoms with Gasteiger partial charge >= 0.3 is 5.97 Å². The normalized spacial score (nSPS) is 11.6. The van der Waals surface area contributed by atoms with E-state index >= 15 is 0 Å². The van der Waals surface area contributed by atoms with E-state index in [0.29, 0.717) is 18.0 Å². The van der Waals surface area contributed by atoms with Gasteiger partial charge in [0.15, 0.2) is 12.7 Å². The number of carbonyl (C=O) groups excluding carboxylic acids is 2. The molecule has 2 aromatic carbocycles. The molecule has 0 spiro atoms. The number of benzene rings is 2. The average Bonchev–Trinajstić information content (AvgIpc) is 2.68. The monoisotopic (exact) mass is 385 g/mol. The number of nitrogens with one attached hydrogen (secondary N) is 1. The second-order valence-corrected chi connectivity index (χ2v) is 6.56. The van der Waals surface area contributed by atoms with Gasteiger partial charge in [-0.3, -0.25) is 4.79 Å². The predicted octanol–water partition coefficient (Wildman–Crippen LogP) is 4.16. The summed E-state index contributed by atoms with van der Waals surface area (Å²) in [5.41, 5.74) is 1.61. The number of para-hydroxylation sites is 1. The largest absolute Gasteiger partial charge is 0.494 e. The minimum atomic E-state index is -0.942. The van der Waals surface area contributed by atoms with Crippen LogP contribution in [0.5, 0.6) is 11.5 Å². The Labute approximate surface area is 165 Å². The van der Waals surface area contributed by atoms with Crippen molar-refractivity contribution in [3.8, 4) is 11.5 Å². The molecule has 28 heavy (non-hydrogen) atoms. The van der Waals surface area contributed by atoms with Crippen molar-refractivity contribution in [2.75, 3.05) is 18.5 Å². The van der Waals surface area contributed by atoms with Crippen molar-refractivity contribution in [3.05, 3.63) is 54.1 Å². The lowest BCUT2D eigenvalue weighted by molar-refractivity contribution is -0.155. The molecule has 0 aromatic heterocycles. The maximum absolute atomic E-state index is 12.2. The highest BCUT2D eigenvalue weighted by Gasteiger charge is 2.19. The van der Waals surface area contributed by atoms with Crippen molar-refractivity contribution in [3.63, 3.8) is 0 Å². The number of hydrogen-bond acceptors (Lipinski definition) is 5. The Balaban J connectivity index is 1.83.